The molecule has 0 saturated carbocycles. The molecule has 7 nitrogen and oxygen atoms in total. The molecular formula is C28H35ClF3N3O4. The molecule has 2 N–H and O–H groups in total. The van der Waals surface area contributed by atoms with Gasteiger partial charge in [0.15, 0.2) is 5.78 Å². The Bertz CT molecular complexity index is 1140. The van der Waals surface area contributed by atoms with Crippen molar-refractivity contribution in [3.8, 4) is 5.75 Å². The minimum atomic E-state index is -4.44. The zero-order valence-corrected chi connectivity index (χ0v) is 22.9. The molecule has 2 aromatic carbocycles. The molecule has 2 fully saturated rings. The fourth-order valence-electron chi connectivity index (χ4n) is 5.32. The summed E-state index contributed by atoms with van der Waals surface area (Å²) >= 11 is 0. The smallest absolute Gasteiger partial charge is 0.416 e. The van der Waals surface area contributed by atoms with Gasteiger partial charge in [-0.05, 0) is 69.1 Å². The number of carbonyl (C=O) groups is 2. The third-order valence-corrected chi connectivity index (χ3v) is 7.79. The van der Waals surface area contributed by atoms with Crippen LogP contribution in [-0.2, 0) is 15.7 Å². The average Bonchev–Trinajstić information content (AvgIpc) is 3.37. The van der Waals surface area contributed by atoms with Crippen LogP contribution in [0.4, 0.5) is 13.2 Å². The summed E-state index contributed by atoms with van der Waals surface area (Å²) in [6, 6.07) is 11.9. The largest absolute Gasteiger partial charge is 0.489 e. The Kier molecular flexibility index (Phi) is 10.0. The number of hydrogen-bond donors (Lipinski definition) is 1. The Morgan fingerprint density at radius 2 is 1.85 bits per heavy atom. The molecule has 2 saturated heterocycles. The summed E-state index contributed by atoms with van der Waals surface area (Å²) in [6.07, 6.45) is -3.03. The van der Waals surface area contributed by atoms with E-state index in [1.54, 1.807) is 12.1 Å². The van der Waals surface area contributed by atoms with Crippen LogP contribution in [0.25, 0.3) is 0 Å². The number of rotatable bonds is 9. The van der Waals surface area contributed by atoms with Crippen LogP contribution in [0.1, 0.15) is 53.7 Å². The quantitative estimate of drug-likeness (QED) is 0.479. The van der Waals surface area contributed by atoms with Gasteiger partial charge in [0, 0.05) is 37.9 Å². The molecule has 0 aliphatic carbocycles. The molecule has 1 amide bonds. The van der Waals surface area contributed by atoms with Crippen LogP contribution in [-0.4, -0.2) is 73.0 Å². The van der Waals surface area contributed by atoms with Crippen LogP contribution >= 0.6 is 12.4 Å². The van der Waals surface area contributed by atoms with E-state index in [1.165, 1.54) is 12.1 Å². The Labute approximate surface area is 232 Å². The van der Waals surface area contributed by atoms with E-state index in [9.17, 15) is 22.8 Å². The highest BCUT2D eigenvalue weighted by Gasteiger charge is 2.48. The number of Topliss-reactive ketones (excluding diaryl/α,β-unsaturated/α-hetero) is 1. The monoisotopic (exact) mass is 569 g/mol. The average molecular weight is 570 g/mol. The second-order valence-corrected chi connectivity index (χ2v) is 10.1. The van der Waals surface area contributed by atoms with Gasteiger partial charge in [-0.15, -0.1) is 12.4 Å². The summed E-state index contributed by atoms with van der Waals surface area (Å²) in [6.45, 7) is 4.22. The van der Waals surface area contributed by atoms with Crippen LogP contribution in [0.3, 0.4) is 0 Å². The van der Waals surface area contributed by atoms with Crippen molar-refractivity contribution in [2.75, 3.05) is 39.9 Å². The minimum absolute atomic E-state index is 0. The minimum Gasteiger partial charge on any atom is -0.489 e. The highest BCUT2D eigenvalue weighted by atomic mass is 35.5. The lowest BCUT2D eigenvalue weighted by molar-refractivity contribution is -0.139. The van der Waals surface area contributed by atoms with E-state index in [-0.39, 0.29) is 42.6 Å². The first-order valence-electron chi connectivity index (χ1n) is 12.8. The summed E-state index contributed by atoms with van der Waals surface area (Å²) in [5, 5.41) is 0. The van der Waals surface area contributed by atoms with Gasteiger partial charge >= 0.3 is 6.18 Å². The SMILES string of the molecule is C[C@@H](c1ccc(C(N)=O)cc1)N(C)CC(=O)C1(N2CC[C@@H](Oc3cccc(C(F)(F)F)c3)C2)CCOCC1.Cl. The number of nitrogens with zero attached hydrogens (tertiary/aromatic N) is 2. The molecule has 2 aromatic rings. The molecule has 0 aromatic heterocycles. The van der Waals surface area contributed by atoms with Crippen LogP contribution in [0, 0.1) is 0 Å². The number of carbonyl (C=O) groups excluding carboxylic acids is 2. The maximum Gasteiger partial charge on any atom is 0.416 e. The number of alkyl halides is 3. The van der Waals surface area contributed by atoms with Crippen LogP contribution < -0.4 is 10.5 Å². The number of likely N-dealkylation sites (tertiary alicyclic amines) is 1. The molecule has 39 heavy (non-hydrogen) atoms. The molecule has 214 valence electrons. The maximum atomic E-state index is 13.9. The third kappa shape index (κ3) is 7.11. The first-order chi connectivity index (χ1) is 18.0. The molecule has 0 bridgehead atoms. The van der Waals surface area contributed by atoms with E-state index < -0.39 is 23.2 Å². The second-order valence-electron chi connectivity index (χ2n) is 10.1. The van der Waals surface area contributed by atoms with Crippen LogP contribution in [0.5, 0.6) is 5.75 Å². The van der Waals surface area contributed by atoms with Gasteiger partial charge in [0.05, 0.1) is 17.6 Å². The summed E-state index contributed by atoms with van der Waals surface area (Å²) in [4.78, 5) is 29.3. The highest BCUT2D eigenvalue weighted by Crippen LogP contribution is 2.35. The predicted molar refractivity (Wildman–Crippen MR) is 143 cm³/mol. The van der Waals surface area contributed by atoms with E-state index in [4.69, 9.17) is 15.2 Å². The Morgan fingerprint density at radius 3 is 2.46 bits per heavy atom. The van der Waals surface area contributed by atoms with E-state index in [0.29, 0.717) is 51.1 Å². The summed E-state index contributed by atoms with van der Waals surface area (Å²) in [5.41, 5.74) is 5.26. The van der Waals surface area contributed by atoms with E-state index in [2.05, 4.69) is 4.90 Å². The van der Waals surface area contributed by atoms with Gasteiger partial charge in [0.2, 0.25) is 5.91 Å². The van der Waals surface area contributed by atoms with E-state index >= 15 is 0 Å². The van der Waals surface area contributed by atoms with Gasteiger partial charge in [-0.2, -0.15) is 13.2 Å². The predicted octanol–water partition coefficient (Wildman–Crippen LogP) is 4.49. The second kappa shape index (κ2) is 12.7. The van der Waals surface area contributed by atoms with Gasteiger partial charge in [-0.1, -0.05) is 18.2 Å². The first-order valence-corrected chi connectivity index (χ1v) is 12.8. The summed E-state index contributed by atoms with van der Waals surface area (Å²) < 4.78 is 50.8. The number of benzene rings is 2. The van der Waals surface area contributed by atoms with Crippen molar-refractivity contribution >= 4 is 24.1 Å². The lowest BCUT2D eigenvalue weighted by atomic mass is 9.83. The molecule has 0 spiro atoms. The van der Waals surface area contributed by atoms with Gasteiger partial charge in [0.25, 0.3) is 0 Å². The number of likely N-dealkylation sites (N-methyl/N-ethyl adjacent to an activating group) is 1. The summed E-state index contributed by atoms with van der Waals surface area (Å²) in [7, 11) is 1.89. The van der Waals surface area contributed by atoms with Gasteiger partial charge in [-0.25, -0.2) is 0 Å². The molecule has 0 radical (unpaired) electrons. The number of hydrogen-bond acceptors (Lipinski definition) is 6. The van der Waals surface area contributed by atoms with Crippen molar-refractivity contribution in [3.05, 3.63) is 65.2 Å². The number of nitrogens with two attached hydrogens (primary N) is 1. The number of ether oxygens (including phenoxy) is 2. The first kappa shape index (κ1) is 30.9. The molecule has 2 aliphatic rings. The Morgan fingerprint density at radius 1 is 1.18 bits per heavy atom. The van der Waals surface area contributed by atoms with Crippen molar-refractivity contribution in [1.29, 1.82) is 0 Å². The molecule has 2 atom stereocenters. The van der Waals surface area contributed by atoms with Gasteiger partial charge in [-0.3, -0.25) is 19.4 Å². The van der Waals surface area contributed by atoms with Crippen molar-refractivity contribution in [3.63, 3.8) is 0 Å². The standard InChI is InChI=1S/C28H34F3N3O4.ClH/c1-19(20-6-8-21(9-7-20)26(32)36)33(2)18-25(35)27(11-14-37-15-12-27)34-13-10-24(17-34)38-23-5-3-4-22(16-23)28(29,30)31;/h3-9,16,19,24H,10-15,17-18H2,1-2H3,(H2,32,36);1H/t19-,24+;/m0./s1. The third-order valence-electron chi connectivity index (χ3n) is 7.79. The summed E-state index contributed by atoms with van der Waals surface area (Å²) in [5.74, 6) is -0.228. The number of amides is 1. The molecule has 11 heteroatoms. The Hall–Kier alpha value is -2.66. The number of primary amides is 1. The van der Waals surface area contributed by atoms with Crippen molar-refractivity contribution in [1.82, 2.24) is 9.80 Å². The molecular weight excluding hydrogens is 535 g/mol. The van der Waals surface area contributed by atoms with Crippen molar-refractivity contribution in [2.24, 2.45) is 5.73 Å². The lowest BCUT2D eigenvalue weighted by Gasteiger charge is -2.44. The molecule has 4 rings (SSSR count). The van der Waals surface area contributed by atoms with Gasteiger partial charge < -0.3 is 15.2 Å². The number of halogens is 4. The Balaban J connectivity index is 0.00000420. The zero-order valence-electron chi connectivity index (χ0n) is 22.1. The van der Waals surface area contributed by atoms with E-state index in [0.717, 1.165) is 17.7 Å². The van der Waals surface area contributed by atoms with E-state index in [1.807, 2.05) is 31.0 Å². The molecule has 0 unspecified atom stereocenters. The van der Waals surface area contributed by atoms with Crippen LogP contribution in [0.15, 0.2) is 48.5 Å². The topological polar surface area (TPSA) is 85.1 Å². The van der Waals surface area contributed by atoms with Crippen molar-refractivity contribution < 1.29 is 32.2 Å². The fraction of sp³-hybridized carbons (Fsp3) is 0.500. The highest BCUT2D eigenvalue weighted by molar-refractivity contribution is 5.92. The number of ketones is 1. The molecule has 2 heterocycles. The lowest BCUT2D eigenvalue weighted by Crippen LogP contribution is -2.59. The van der Waals surface area contributed by atoms with Gasteiger partial charge in [0.1, 0.15) is 11.9 Å². The van der Waals surface area contributed by atoms with Crippen molar-refractivity contribution in [2.45, 2.75) is 50.0 Å². The van der Waals surface area contributed by atoms with Crippen LogP contribution in [0.2, 0.25) is 0 Å². The zero-order chi connectivity index (χ0) is 27.5. The normalized spacial score (nSPS) is 20.3. The molecule has 2 aliphatic heterocycles. The fourth-order valence-corrected chi connectivity index (χ4v) is 5.32. The maximum absolute atomic E-state index is 13.9.